The highest BCUT2D eigenvalue weighted by atomic mass is 16.5. The van der Waals surface area contributed by atoms with Crippen molar-refractivity contribution in [2.45, 2.75) is 44.9 Å². The van der Waals surface area contributed by atoms with Crippen molar-refractivity contribution >= 4 is 12.4 Å². The summed E-state index contributed by atoms with van der Waals surface area (Å²) < 4.78 is 6.23. The molecule has 0 unspecified atom stereocenters. The Morgan fingerprint density at radius 1 is 1.30 bits per heavy atom. The van der Waals surface area contributed by atoms with Gasteiger partial charge >= 0.3 is 0 Å². The van der Waals surface area contributed by atoms with E-state index in [0.717, 1.165) is 49.8 Å². The van der Waals surface area contributed by atoms with Crippen molar-refractivity contribution in [2.75, 3.05) is 26.2 Å². The molecular weight excluding hydrogens is 388 g/mol. The van der Waals surface area contributed by atoms with Gasteiger partial charge < -0.3 is 14.7 Å². The van der Waals surface area contributed by atoms with Crippen molar-refractivity contribution in [3.8, 4) is 0 Å². The second-order valence-corrected chi connectivity index (χ2v) is 7.57. The molecule has 2 aromatic heterocycles. The first kappa shape index (κ1) is 21.8. The number of amides is 1. The van der Waals surface area contributed by atoms with E-state index in [2.05, 4.69) is 25.1 Å². The van der Waals surface area contributed by atoms with E-state index < -0.39 is 0 Å². The van der Waals surface area contributed by atoms with Gasteiger partial charge in [-0.25, -0.2) is 4.98 Å². The highest BCUT2D eigenvalue weighted by Gasteiger charge is 2.40. The van der Waals surface area contributed by atoms with E-state index >= 15 is 0 Å². The molecule has 0 aliphatic carbocycles. The summed E-state index contributed by atoms with van der Waals surface area (Å²) in [6.07, 6.45) is 4.02. The molecule has 30 heavy (non-hydrogen) atoms. The first-order chi connectivity index (χ1) is 14.5. The molecule has 10 nitrogen and oxygen atoms in total. The molecule has 4 rings (SSSR count). The number of nitrogens with zero attached hydrogens (tertiary/aromatic N) is 5. The number of rotatable bonds is 4. The maximum atomic E-state index is 12.5. The summed E-state index contributed by atoms with van der Waals surface area (Å²) in [6.45, 7) is 5.92. The first-order valence-corrected chi connectivity index (χ1v) is 10.0. The van der Waals surface area contributed by atoms with Gasteiger partial charge in [0.05, 0.1) is 44.0 Å². The van der Waals surface area contributed by atoms with E-state index in [0.29, 0.717) is 26.1 Å². The number of aryl methyl sites for hydroxylation is 1. The van der Waals surface area contributed by atoms with Gasteiger partial charge in [-0.3, -0.25) is 24.6 Å². The minimum atomic E-state index is -0.258. The SMILES string of the molecule is Cc1nc(CN2CCC3(CC2)CN(Cc2ccccn2)C(=O)CCO3)n[nH]1.O=CO. The number of aromatic nitrogens is 4. The molecule has 2 saturated heterocycles. The molecule has 1 amide bonds. The summed E-state index contributed by atoms with van der Waals surface area (Å²) in [5.74, 6) is 1.82. The van der Waals surface area contributed by atoms with Crippen molar-refractivity contribution in [3.63, 3.8) is 0 Å². The number of carboxylic acid groups (broad SMARTS) is 1. The number of ether oxygens (including phenoxy) is 1. The number of nitrogens with one attached hydrogen (secondary N) is 1. The monoisotopic (exact) mass is 416 g/mol. The Kier molecular flexibility index (Phi) is 7.47. The standard InChI is InChI=1S/C19H26N6O2.CH2O2/c1-15-21-17(23-22-15)13-24-9-6-19(7-10-24)14-25(18(26)5-11-27-19)12-16-4-2-3-8-20-16;2-1-3/h2-4,8H,5-7,9-14H2,1H3,(H,21,22,23);1H,(H,2,3). The fourth-order valence-corrected chi connectivity index (χ4v) is 3.91. The van der Waals surface area contributed by atoms with Gasteiger partial charge in [-0.1, -0.05) is 6.07 Å². The number of carbonyl (C=O) groups excluding carboxylic acids is 1. The molecular formula is C20H28N6O4. The van der Waals surface area contributed by atoms with E-state index in [1.54, 1.807) is 6.20 Å². The van der Waals surface area contributed by atoms with E-state index in [4.69, 9.17) is 14.6 Å². The molecule has 0 bridgehead atoms. The zero-order chi connectivity index (χ0) is 21.4. The van der Waals surface area contributed by atoms with Crippen LogP contribution in [0.3, 0.4) is 0 Å². The minimum Gasteiger partial charge on any atom is -0.483 e. The topological polar surface area (TPSA) is 125 Å². The zero-order valence-electron chi connectivity index (χ0n) is 17.2. The number of hydrogen-bond donors (Lipinski definition) is 2. The van der Waals surface area contributed by atoms with Crippen LogP contribution in [-0.2, 0) is 27.4 Å². The third-order valence-corrected chi connectivity index (χ3v) is 5.41. The highest BCUT2D eigenvalue weighted by Crippen LogP contribution is 2.31. The summed E-state index contributed by atoms with van der Waals surface area (Å²) >= 11 is 0. The van der Waals surface area contributed by atoms with Crippen LogP contribution in [0.5, 0.6) is 0 Å². The van der Waals surface area contributed by atoms with Gasteiger partial charge in [0, 0.05) is 19.3 Å². The normalized spacial score (nSPS) is 19.1. The summed E-state index contributed by atoms with van der Waals surface area (Å²) in [4.78, 5) is 33.9. The van der Waals surface area contributed by atoms with Gasteiger partial charge in [-0.15, -0.1) is 0 Å². The van der Waals surface area contributed by atoms with Crippen LogP contribution < -0.4 is 0 Å². The Bertz CT molecular complexity index is 820. The lowest BCUT2D eigenvalue weighted by Crippen LogP contribution is -2.51. The maximum absolute atomic E-state index is 12.5. The quantitative estimate of drug-likeness (QED) is 0.707. The van der Waals surface area contributed by atoms with Gasteiger partial charge in [0.25, 0.3) is 6.47 Å². The smallest absolute Gasteiger partial charge is 0.290 e. The lowest BCUT2D eigenvalue weighted by Gasteiger charge is -2.42. The second-order valence-electron chi connectivity index (χ2n) is 7.57. The van der Waals surface area contributed by atoms with Crippen molar-refractivity contribution in [1.29, 1.82) is 0 Å². The molecule has 2 aliphatic rings. The lowest BCUT2D eigenvalue weighted by atomic mass is 9.90. The number of pyridine rings is 1. The van der Waals surface area contributed by atoms with Gasteiger partial charge in [0.1, 0.15) is 5.82 Å². The summed E-state index contributed by atoms with van der Waals surface area (Å²) in [5, 5.41) is 14.0. The van der Waals surface area contributed by atoms with Gasteiger partial charge in [-0.2, -0.15) is 5.10 Å². The van der Waals surface area contributed by atoms with E-state index in [1.165, 1.54) is 0 Å². The van der Waals surface area contributed by atoms with Crippen LogP contribution in [0.2, 0.25) is 0 Å². The Morgan fingerprint density at radius 3 is 2.70 bits per heavy atom. The molecule has 2 N–H and O–H groups in total. The highest BCUT2D eigenvalue weighted by molar-refractivity contribution is 5.76. The van der Waals surface area contributed by atoms with Crippen LogP contribution >= 0.6 is 0 Å². The molecule has 0 atom stereocenters. The molecule has 2 aromatic rings. The molecule has 0 aromatic carbocycles. The average Bonchev–Trinajstić information content (AvgIpc) is 3.08. The van der Waals surface area contributed by atoms with Gasteiger partial charge in [0.2, 0.25) is 5.91 Å². The molecule has 0 radical (unpaired) electrons. The molecule has 1 spiro atoms. The van der Waals surface area contributed by atoms with Crippen LogP contribution in [0.4, 0.5) is 0 Å². The Labute approximate surface area is 175 Å². The van der Waals surface area contributed by atoms with Crippen LogP contribution in [0.15, 0.2) is 24.4 Å². The summed E-state index contributed by atoms with van der Waals surface area (Å²) in [7, 11) is 0. The van der Waals surface area contributed by atoms with E-state index in [9.17, 15) is 4.79 Å². The first-order valence-electron chi connectivity index (χ1n) is 10.0. The summed E-state index contributed by atoms with van der Waals surface area (Å²) in [5.41, 5.74) is 0.659. The van der Waals surface area contributed by atoms with Gasteiger partial charge in [-0.05, 0) is 31.9 Å². The fourth-order valence-electron chi connectivity index (χ4n) is 3.91. The zero-order valence-corrected chi connectivity index (χ0v) is 17.2. The number of hydrogen-bond acceptors (Lipinski definition) is 7. The van der Waals surface area contributed by atoms with Crippen molar-refractivity contribution in [3.05, 3.63) is 41.7 Å². The number of likely N-dealkylation sites (tertiary alicyclic amines) is 1. The predicted molar refractivity (Wildman–Crippen MR) is 107 cm³/mol. The minimum absolute atomic E-state index is 0.149. The molecule has 2 aliphatic heterocycles. The third kappa shape index (κ3) is 5.83. The van der Waals surface area contributed by atoms with Crippen LogP contribution in [0.1, 0.15) is 36.6 Å². The lowest BCUT2D eigenvalue weighted by molar-refractivity contribution is -0.132. The van der Waals surface area contributed by atoms with Crippen LogP contribution in [0, 0.1) is 6.92 Å². The Hall–Kier alpha value is -2.85. The number of piperidine rings is 1. The molecule has 0 saturated carbocycles. The van der Waals surface area contributed by atoms with E-state index in [-0.39, 0.29) is 18.0 Å². The van der Waals surface area contributed by atoms with Crippen molar-refractivity contribution in [1.82, 2.24) is 30.0 Å². The summed E-state index contributed by atoms with van der Waals surface area (Å²) in [6, 6.07) is 5.82. The number of H-pyrrole nitrogens is 1. The number of carbonyl (C=O) groups is 2. The average molecular weight is 416 g/mol. The molecule has 162 valence electrons. The van der Waals surface area contributed by atoms with Crippen molar-refractivity contribution in [2.24, 2.45) is 0 Å². The van der Waals surface area contributed by atoms with Crippen LogP contribution in [0.25, 0.3) is 0 Å². The largest absolute Gasteiger partial charge is 0.483 e. The maximum Gasteiger partial charge on any atom is 0.290 e. The van der Waals surface area contributed by atoms with Crippen LogP contribution in [-0.4, -0.2) is 79.3 Å². The Balaban J connectivity index is 0.000000806. The predicted octanol–water partition coefficient (Wildman–Crippen LogP) is 0.993. The third-order valence-electron chi connectivity index (χ3n) is 5.41. The Morgan fingerprint density at radius 2 is 2.07 bits per heavy atom. The second kappa shape index (κ2) is 10.3. The molecule has 4 heterocycles. The van der Waals surface area contributed by atoms with E-state index in [1.807, 2.05) is 30.0 Å². The van der Waals surface area contributed by atoms with Gasteiger partial charge in [0.15, 0.2) is 5.82 Å². The molecule has 10 heteroatoms. The molecule has 2 fully saturated rings. The van der Waals surface area contributed by atoms with Crippen molar-refractivity contribution < 1.29 is 19.4 Å². The fraction of sp³-hybridized carbons (Fsp3) is 0.550. The number of aromatic amines is 1.